The average Bonchev–Trinajstić information content (AvgIpc) is 1.62. The third kappa shape index (κ3) is 22.2. The van der Waals surface area contributed by atoms with Gasteiger partial charge in [-0.05, 0) is 137 Å². The summed E-state index contributed by atoms with van der Waals surface area (Å²) in [6.45, 7) is 7.68. The number of likely N-dealkylation sites (tertiary alicyclic amines) is 1. The molecule has 11 atom stereocenters. The van der Waals surface area contributed by atoms with Gasteiger partial charge in [-0.3, -0.25) is 57.6 Å². The minimum atomic E-state index is -4.75. The molecule has 6 fully saturated rings. The first-order valence-electron chi connectivity index (χ1n) is 39.2. The van der Waals surface area contributed by atoms with Gasteiger partial charge >= 0.3 is 6.18 Å². The van der Waals surface area contributed by atoms with E-state index < -0.39 is 150 Å². The Morgan fingerprint density at radius 2 is 1.30 bits per heavy atom. The summed E-state index contributed by atoms with van der Waals surface area (Å²) >= 11 is 6.20. The van der Waals surface area contributed by atoms with Crippen molar-refractivity contribution in [2.45, 2.75) is 248 Å². The van der Waals surface area contributed by atoms with Gasteiger partial charge in [0.2, 0.25) is 65.0 Å². The van der Waals surface area contributed by atoms with Gasteiger partial charge in [-0.25, -0.2) is 0 Å². The number of rotatable bonds is 12. The zero-order valence-corrected chi connectivity index (χ0v) is 65.4. The van der Waals surface area contributed by atoms with E-state index in [1.807, 2.05) is 58.0 Å². The summed E-state index contributed by atoms with van der Waals surface area (Å²) in [7, 11) is 9.01. The maximum atomic E-state index is 15.5. The first-order valence-corrected chi connectivity index (χ1v) is 39.5. The highest BCUT2D eigenvalue weighted by Gasteiger charge is 2.48. The first-order chi connectivity index (χ1) is 50.8. The molecule has 2 saturated carbocycles. The van der Waals surface area contributed by atoms with Crippen LogP contribution in [0.25, 0.3) is 0 Å². The highest BCUT2D eigenvalue weighted by molar-refractivity contribution is 6.31. The predicted octanol–water partition coefficient (Wildman–Crippen LogP) is 7.61. The number of amides is 11. The van der Waals surface area contributed by atoms with Gasteiger partial charge < -0.3 is 60.3 Å². The van der Waals surface area contributed by atoms with E-state index >= 15 is 19.2 Å². The van der Waals surface area contributed by atoms with Crippen LogP contribution in [0.15, 0.2) is 48.5 Å². The Hall–Kier alpha value is -7.39. The van der Waals surface area contributed by atoms with E-state index in [1.165, 1.54) is 80.5 Å². The van der Waals surface area contributed by atoms with Crippen molar-refractivity contribution in [2.24, 2.45) is 23.7 Å². The van der Waals surface area contributed by atoms with E-state index in [0.717, 1.165) is 88.3 Å². The van der Waals surface area contributed by atoms with Crippen LogP contribution in [-0.2, 0) is 65.3 Å². The average molecular weight is 1520 g/mol. The third-order valence-electron chi connectivity index (χ3n) is 23.6. The van der Waals surface area contributed by atoms with Crippen molar-refractivity contribution in [3.05, 3.63) is 70.2 Å². The SMILES string of the molecule is CC[C@H](C)C1NC(=O)C(CC(C)C)N(C)C(=O)C[C@@H](C(=O)N2CCCCC2)N(C)C(=O)[C@H](C2CCCCC2)N(C)C(=O)CCCCNC(=O)[C@@H]2C[C@H](c3ccccc3)CN2C(=O)[C@H](CCc2ccc(C(F)(F)F)c(Cl)c2)NC(=O)CN(C)C(=O)[C@H](CC2CCCCC2)N(C)C(=O)[C@@H]2CCN2C(=O)CN(C)C1O. The van der Waals surface area contributed by atoms with Crippen LogP contribution in [0.2, 0.25) is 5.02 Å². The number of halogens is 4. The summed E-state index contributed by atoms with van der Waals surface area (Å²) in [6.07, 6.45) is 5.53. The molecular weight excluding hydrogens is 1400 g/mol. The fraction of sp³-hybridized carbons (Fsp3) is 0.709. The number of hydrogen-bond donors (Lipinski definition) is 4. The summed E-state index contributed by atoms with van der Waals surface area (Å²) in [5, 5.41) is 20.6. The van der Waals surface area contributed by atoms with Gasteiger partial charge in [-0.15, -0.1) is 0 Å². The molecule has 0 spiro atoms. The van der Waals surface area contributed by atoms with E-state index in [1.54, 1.807) is 11.9 Å². The van der Waals surface area contributed by atoms with Gasteiger partial charge in [-0.2, -0.15) is 13.2 Å². The molecule has 4 N–H and O–H groups in total. The molecule has 2 aromatic rings. The molecule has 107 heavy (non-hydrogen) atoms. The number of alkyl halides is 3. The highest BCUT2D eigenvalue weighted by atomic mass is 35.5. The van der Waals surface area contributed by atoms with Gasteiger partial charge in [-0.1, -0.05) is 133 Å². The van der Waals surface area contributed by atoms with Crippen molar-refractivity contribution in [1.82, 2.24) is 60.0 Å². The van der Waals surface area contributed by atoms with Crippen LogP contribution in [0.3, 0.4) is 0 Å². The third-order valence-corrected chi connectivity index (χ3v) is 23.9. The number of carbonyl (C=O) groups excluding carboxylic acids is 11. The highest BCUT2D eigenvalue weighted by Crippen LogP contribution is 2.38. The quantitative estimate of drug-likeness (QED) is 0.160. The lowest BCUT2D eigenvalue weighted by Gasteiger charge is -2.44. The van der Waals surface area contributed by atoms with Crippen molar-refractivity contribution in [3.63, 3.8) is 0 Å². The molecule has 8 rings (SSSR count). The molecule has 2 aliphatic carbocycles. The van der Waals surface area contributed by atoms with Crippen molar-refractivity contribution in [2.75, 3.05) is 88.1 Å². The Bertz CT molecular complexity index is 3410. The van der Waals surface area contributed by atoms with E-state index in [-0.39, 0.29) is 106 Å². The summed E-state index contributed by atoms with van der Waals surface area (Å²) in [6, 6.07) is 3.50. The van der Waals surface area contributed by atoms with Gasteiger partial charge in [0, 0.05) is 80.3 Å². The van der Waals surface area contributed by atoms with Gasteiger partial charge in [0.15, 0.2) is 0 Å². The number of benzene rings is 2. The first kappa shape index (κ1) is 85.2. The lowest BCUT2D eigenvalue weighted by atomic mass is 9.82. The molecule has 3 unspecified atom stereocenters. The number of aliphatic hydroxyl groups is 1. The topological polar surface area (TPSA) is 273 Å². The Kier molecular flexibility index (Phi) is 31.3. The number of piperidine rings is 1. The Morgan fingerprint density at radius 3 is 1.92 bits per heavy atom. The van der Waals surface area contributed by atoms with E-state index in [4.69, 9.17) is 11.6 Å². The van der Waals surface area contributed by atoms with Crippen molar-refractivity contribution >= 4 is 76.6 Å². The van der Waals surface area contributed by atoms with Crippen molar-refractivity contribution < 1.29 is 71.0 Å². The summed E-state index contributed by atoms with van der Waals surface area (Å²) in [5.41, 5.74) is 0.106. The van der Waals surface area contributed by atoms with Crippen LogP contribution < -0.4 is 16.0 Å². The van der Waals surface area contributed by atoms with E-state index in [2.05, 4.69) is 16.0 Å². The summed E-state index contributed by atoms with van der Waals surface area (Å²) in [5.74, 6) is -7.14. The van der Waals surface area contributed by atoms with Crippen LogP contribution in [-0.4, -0.2) is 257 Å². The van der Waals surface area contributed by atoms with E-state index in [9.17, 15) is 51.8 Å². The Labute approximate surface area is 635 Å². The van der Waals surface area contributed by atoms with Gasteiger partial charge in [0.25, 0.3) is 0 Å². The van der Waals surface area contributed by atoms with Gasteiger partial charge in [0.05, 0.1) is 36.1 Å². The number of aliphatic hydroxyl groups excluding tert-OH is 1. The molecule has 11 amide bonds. The predicted molar refractivity (Wildman–Crippen MR) is 399 cm³/mol. The Morgan fingerprint density at radius 1 is 0.645 bits per heavy atom. The molecule has 0 bridgehead atoms. The maximum Gasteiger partial charge on any atom is 0.417 e. The maximum absolute atomic E-state index is 15.5. The molecule has 594 valence electrons. The van der Waals surface area contributed by atoms with Crippen LogP contribution in [0.1, 0.15) is 198 Å². The zero-order valence-electron chi connectivity index (χ0n) is 64.6. The second-order valence-corrected chi connectivity index (χ2v) is 32.1. The molecule has 4 heterocycles. The molecule has 4 aliphatic heterocycles. The normalized spacial score (nSPS) is 27.8. The zero-order chi connectivity index (χ0) is 78.1. The minimum Gasteiger partial charge on any atom is -0.376 e. The minimum absolute atomic E-state index is 0.0276. The van der Waals surface area contributed by atoms with Crippen LogP contribution in [0, 0.1) is 23.7 Å². The number of likely N-dealkylation sites (N-methyl/N-ethyl adjacent to an activating group) is 6. The molecule has 4 saturated heterocycles. The summed E-state index contributed by atoms with van der Waals surface area (Å²) < 4.78 is 41.8. The number of carbonyl (C=O) groups is 11. The second-order valence-electron chi connectivity index (χ2n) is 31.7. The number of nitrogens with zero attached hydrogens (tertiary/aromatic N) is 9. The molecule has 24 nitrogen and oxygen atoms in total. The van der Waals surface area contributed by atoms with Crippen LogP contribution in [0.4, 0.5) is 13.2 Å². The van der Waals surface area contributed by atoms with Crippen molar-refractivity contribution in [1.29, 1.82) is 0 Å². The standard InChI is InChI=1S/C79H118ClF3N12O12/c1-11-51(4)69-77(106)88(6)49-68(99)94-41-37-60(94)75(104)90(8)63(44-52-26-16-12-17-27-52)74(103)87(5)48-65(96)85-59(36-34-53-33-35-57(58(80)43-53)79(81,82)83)73(102)95-47-56(54-28-18-13-19-29-54)45-62(95)71(100)84-38-23-22-32-66(97)92(10)70(55-30-20-14-21-31-55)78(107)91(9)64(76(105)93-39-24-15-25-40-93)46-67(98)89(7)61(42-50(2)3)72(101)86-69/h13,18-19,28-29,33,35,43,50-52,55-56,59-64,69-70,77,106H,11-12,14-17,20-27,30-32,34,36-42,44-49H2,1-10H3,(H,84,100)(H,85,96)(H,86,101)/t51-,56-,59-,60-,61?,62-,63-,64-,69?,70-,77?/m0/s1. The molecule has 2 aromatic carbocycles. The summed E-state index contributed by atoms with van der Waals surface area (Å²) in [4.78, 5) is 177. The second kappa shape index (κ2) is 39.3. The molecular formula is C79H118ClF3N12O12. The molecule has 0 aromatic heterocycles. The smallest absolute Gasteiger partial charge is 0.376 e. The monoisotopic (exact) mass is 1520 g/mol. The van der Waals surface area contributed by atoms with Crippen LogP contribution >= 0.6 is 11.6 Å². The number of fused-ring (bicyclic) bond motifs is 2. The number of nitrogens with one attached hydrogen (secondary N) is 3. The molecule has 6 aliphatic rings. The largest absolute Gasteiger partial charge is 0.417 e. The van der Waals surface area contributed by atoms with Crippen molar-refractivity contribution in [3.8, 4) is 0 Å². The number of hydrogen-bond acceptors (Lipinski definition) is 13. The lowest BCUT2D eigenvalue weighted by Crippen LogP contribution is -2.63. The Balaban J connectivity index is 1.13. The van der Waals surface area contributed by atoms with E-state index in [0.29, 0.717) is 44.3 Å². The molecule has 28 heteroatoms. The fourth-order valence-electron chi connectivity index (χ4n) is 16.6. The lowest BCUT2D eigenvalue weighted by molar-refractivity contribution is -0.158. The van der Waals surface area contributed by atoms with Crippen LogP contribution in [0.5, 0.6) is 0 Å². The fourth-order valence-corrected chi connectivity index (χ4v) is 16.9. The number of aryl methyl sites for hydroxylation is 1. The molecule has 0 radical (unpaired) electrons. The van der Waals surface area contributed by atoms with Gasteiger partial charge in [0.1, 0.15) is 48.5 Å².